The highest BCUT2D eigenvalue weighted by Gasteiger charge is 2.17. The van der Waals surface area contributed by atoms with E-state index in [1.807, 2.05) is 0 Å². The van der Waals surface area contributed by atoms with Crippen LogP contribution in [-0.4, -0.2) is 17.4 Å². The molecule has 0 aliphatic carbocycles. The normalized spacial score (nSPS) is 10.3. The summed E-state index contributed by atoms with van der Waals surface area (Å²) in [4.78, 5) is 23.8. The quantitative estimate of drug-likeness (QED) is 0.436. The second-order valence-electron chi connectivity index (χ2n) is 2.89. The van der Waals surface area contributed by atoms with Crippen LogP contribution in [0, 0.1) is 0 Å². The number of hydrogen-bond donors (Lipinski definition) is 0. The van der Waals surface area contributed by atoms with Crippen molar-refractivity contribution in [3.8, 4) is 0 Å². The van der Waals surface area contributed by atoms with Gasteiger partial charge in [0.15, 0.2) is 0 Å². The molecular formula is C7H11NO2. The highest BCUT2D eigenvalue weighted by molar-refractivity contribution is 5.76. The van der Waals surface area contributed by atoms with Gasteiger partial charge in [0.2, 0.25) is 6.08 Å². The Morgan fingerprint density at radius 2 is 2.10 bits per heavy atom. The summed E-state index contributed by atoms with van der Waals surface area (Å²) in [7, 11) is 0. The number of aliphatic imine (C=N–C) groups is 1. The summed E-state index contributed by atoms with van der Waals surface area (Å²) in [6.07, 6.45) is 1.73. The van der Waals surface area contributed by atoms with Crippen LogP contribution in [0.4, 0.5) is 0 Å². The zero-order valence-electron chi connectivity index (χ0n) is 6.47. The van der Waals surface area contributed by atoms with Gasteiger partial charge in [0, 0.05) is 6.42 Å². The highest BCUT2D eigenvalue weighted by Crippen LogP contribution is 2.12. The molecule has 0 aromatic carbocycles. The van der Waals surface area contributed by atoms with Crippen molar-refractivity contribution in [3.05, 3.63) is 0 Å². The van der Waals surface area contributed by atoms with Crippen molar-refractivity contribution in [1.82, 2.24) is 0 Å². The molecule has 0 amide bonds. The number of carbonyl (C=O) groups is 1. The lowest BCUT2D eigenvalue weighted by atomic mass is 10.00. The Hall–Kier alpha value is -0.950. The summed E-state index contributed by atoms with van der Waals surface area (Å²) in [5.41, 5.74) is -0.576. The maximum Gasteiger partial charge on any atom is 0.235 e. The first kappa shape index (κ1) is 9.05. The predicted octanol–water partition coefficient (Wildman–Crippen LogP) is 1.08. The van der Waals surface area contributed by atoms with E-state index in [9.17, 15) is 9.59 Å². The standard InChI is InChI=1S/C7H11NO2/c1-6(10)4-7(2,3)8-5-9/h4H2,1-3H3. The van der Waals surface area contributed by atoms with Gasteiger partial charge < -0.3 is 0 Å². The Labute approximate surface area is 60.1 Å². The number of isocyanates is 1. The molecule has 0 radical (unpaired) electrons. The number of carbonyl (C=O) groups excluding carboxylic acids is 2. The first-order valence-electron chi connectivity index (χ1n) is 3.06. The Morgan fingerprint density at radius 1 is 1.60 bits per heavy atom. The number of hydrogen-bond acceptors (Lipinski definition) is 3. The summed E-state index contributed by atoms with van der Waals surface area (Å²) >= 11 is 0. The van der Waals surface area contributed by atoms with Crippen LogP contribution in [0.1, 0.15) is 27.2 Å². The molecule has 0 atom stereocenters. The summed E-state index contributed by atoms with van der Waals surface area (Å²) in [6.45, 7) is 4.92. The monoisotopic (exact) mass is 141 g/mol. The minimum absolute atomic E-state index is 0.0315. The van der Waals surface area contributed by atoms with Crippen LogP contribution in [-0.2, 0) is 9.59 Å². The van der Waals surface area contributed by atoms with Gasteiger partial charge in [-0.05, 0) is 20.8 Å². The lowest BCUT2D eigenvalue weighted by Crippen LogP contribution is -2.19. The zero-order valence-corrected chi connectivity index (χ0v) is 6.47. The lowest BCUT2D eigenvalue weighted by Gasteiger charge is -2.13. The van der Waals surface area contributed by atoms with Gasteiger partial charge in [-0.1, -0.05) is 0 Å². The van der Waals surface area contributed by atoms with Crippen molar-refractivity contribution in [2.75, 3.05) is 0 Å². The maximum atomic E-state index is 10.5. The third-order valence-corrected chi connectivity index (χ3v) is 1.03. The molecule has 0 fully saturated rings. The van der Waals surface area contributed by atoms with E-state index in [4.69, 9.17) is 0 Å². The van der Waals surface area contributed by atoms with Crippen molar-refractivity contribution in [2.45, 2.75) is 32.7 Å². The second kappa shape index (κ2) is 3.28. The van der Waals surface area contributed by atoms with Crippen LogP contribution >= 0.6 is 0 Å². The van der Waals surface area contributed by atoms with Gasteiger partial charge in [0.05, 0.1) is 5.54 Å². The van der Waals surface area contributed by atoms with Crippen LogP contribution in [0.3, 0.4) is 0 Å². The molecule has 0 aliphatic rings. The third kappa shape index (κ3) is 3.98. The van der Waals surface area contributed by atoms with E-state index in [-0.39, 0.29) is 5.78 Å². The molecule has 0 unspecified atom stereocenters. The van der Waals surface area contributed by atoms with Crippen molar-refractivity contribution in [2.24, 2.45) is 4.99 Å². The second-order valence-corrected chi connectivity index (χ2v) is 2.89. The molecule has 0 aliphatic heterocycles. The van der Waals surface area contributed by atoms with Gasteiger partial charge in [-0.25, -0.2) is 4.79 Å². The van der Waals surface area contributed by atoms with E-state index >= 15 is 0 Å². The average molecular weight is 141 g/mol. The Morgan fingerprint density at radius 3 is 2.40 bits per heavy atom. The highest BCUT2D eigenvalue weighted by atomic mass is 16.1. The summed E-state index contributed by atoms with van der Waals surface area (Å²) in [5, 5.41) is 0. The molecule has 0 N–H and O–H groups in total. The average Bonchev–Trinajstić information content (AvgIpc) is 1.59. The van der Waals surface area contributed by atoms with Crippen molar-refractivity contribution in [3.63, 3.8) is 0 Å². The van der Waals surface area contributed by atoms with Crippen LogP contribution < -0.4 is 0 Å². The number of nitrogens with zero attached hydrogens (tertiary/aromatic N) is 1. The van der Waals surface area contributed by atoms with Crippen LogP contribution in [0.2, 0.25) is 0 Å². The minimum Gasteiger partial charge on any atom is -0.300 e. The summed E-state index contributed by atoms with van der Waals surface area (Å²) < 4.78 is 0. The molecule has 3 nitrogen and oxygen atoms in total. The van der Waals surface area contributed by atoms with Crippen molar-refractivity contribution < 1.29 is 9.59 Å². The minimum atomic E-state index is -0.576. The first-order chi connectivity index (χ1) is 4.48. The van der Waals surface area contributed by atoms with E-state index in [0.29, 0.717) is 6.42 Å². The first-order valence-corrected chi connectivity index (χ1v) is 3.06. The number of ketones is 1. The van der Waals surface area contributed by atoms with E-state index < -0.39 is 5.54 Å². The van der Waals surface area contributed by atoms with Crippen LogP contribution in [0.15, 0.2) is 4.99 Å². The molecular weight excluding hydrogens is 130 g/mol. The Balaban J connectivity index is 4.12. The summed E-state index contributed by atoms with van der Waals surface area (Å²) in [5.74, 6) is 0.0315. The number of rotatable bonds is 3. The molecule has 0 saturated carbocycles. The van der Waals surface area contributed by atoms with Gasteiger partial charge >= 0.3 is 0 Å². The van der Waals surface area contributed by atoms with E-state index in [0.717, 1.165) is 0 Å². The van der Waals surface area contributed by atoms with Gasteiger partial charge in [-0.3, -0.25) is 4.79 Å². The van der Waals surface area contributed by atoms with Gasteiger partial charge in [-0.15, -0.1) is 0 Å². The SMILES string of the molecule is CC(=O)CC(C)(C)N=C=O. The van der Waals surface area contributed by atoms with E-state index in [1.165, 1.54) is 13.0 Å². The lowest BCUT2D eigenvalue weighted by molar-refractivity contribution is -0.117. The Kier molecular flexibility index (Phi) is 2.97. The van der Waals surface area contributed by atoms with Gasteiger partial charge in [0.1, 0.15) is 5.78 Å². The van der Waals surface area contributed by atoms with Crippen LogP contribution in [0.25, 0.3) is 0 Å². The van der Waals surface area contributed by atoms with Crippen molar-refractivity contribution >= 4 is 11.9 Å². The fraction of sp³-hybridized carbons (Fsp3) is 0.714. The predicted molar refractivity (Wildman–Crippen MR) is 37.5 cm³/mol. The summed E-state index contributed by atoms with van der Waals surface area (Å²) in [6, 6.07) is 0. The smallest absolute Gasteiger partial charge is 0.235 e. The molecule has 0 aromatic rings. The van der Waals surface area contributed by atoms with Gasteiger partial charge in [-0.2, -0.15) is 4.99 Å². The number of Topliss-reactive ketones (excluding diaryl/α,β-unsaturated/α-hetero) is 1. The molecule has 0 aromatic heterocycles. The Bertz CT molecular complexity index is 178. The fourth-order valence-corrected chi connectivity index (χ4v) is 0.772. The molecule has 10 heavy (non-hydrogen) atoms. The zero-order chi connectivity index (χ0) is 8.20. The van der Waals surface area contributed by atoms with Crippen LogP contribution in [0.5, 0.6) is 0 Å². The molecule has 3 heteroatoms. The topological polar surface area (TPSA) is 46.5 Å². The third-order valence-electron chi connectivity index (χ3n) is 1.03. The molecule has 0 rings (SSSR count). The van der Waals surface area contributed by atoms with Crippen molar-refractivity contribution in [1.29, 1.82) is 0 Å². The van der Waals surface area contributed by atoms with E-state index in [2.05, 4.69) is 4.99 Å². The largest absolute Gasteiger partial charge is 0.300 e. The molecule has 56 valence electrons. The fourth-order valence-electron chi connectivity index (χ4n) is 0.772. The molecule has 0 heterocycles. The molecule has 0 bridgehead atoms. The van der Waals surface area contributed by atoms with Gasteiger partial charge in [0.25, 0.3) is 0 Å². The van der Waals surface area contributed by atoms with E-state index in [1.54, 1.807) is 13.8 Å². The maximum absolute atomic E-state index is 10.5. The molecule has 0 saturated heterocycles. The molecule has 0 spiro atoms.